The summed E-state index contributed by atoms with van der Waals surface area (Å²) in [6, 6.07) is 1.59. The van der Waals surface area contributed by atoms with Gasteiger partial charge >= 0.3 is 0 Å². The van der Waals surface area contributed by atoms with Crippen molar-refractivity contribution in [2.24, 2.45) is 7.05 Å². The molecule has 1 aromatic heterocycles. The van der Waals surface area contributed by atoms with Crippen molar-refractivity contribution >= 4 is 23.8 Å². The number of pyridine rings is 1. The molecule has 0 aliphatic heterocycles. The molecule has 1 rings (SSSR count). The lowest BCUT2D eigenvalue weighted by molar-refractivity contribution is 0.865. The zero-order valence-electron chi connectivity index (χ0n) is 6.07. The molecule has 5 heteroatoms. The summed E-state index contributed by atoms with van der Waals surface area (Å²) in [7, 11) is 1.62. The first-order chi connectivity index (χ1) is 4.63. The average molecular weight is 176 g/mol. The molecule has 0 amide bonds. The van der Waals surface area contributed by atoms with E-state index in [0.717, 1.165) is 0 Å². The average Bonchev–Trinajstić information content (AvgIpc) is 1.93. The summed E-state index contributed by atoms with van der Waals surface area (Å²) in [4.78, 5) is 10.9. The number of halogens is 1. The van der Waals surface area contributed by atoms with Crippen molar-refractivity contribution < 1.29 is 0 Å². The van der Waals surface area contributed by atoms with Crippen LogP contribution < -0.4 is 17.0 Å². The highest BCUT2D eigenvalue weighted by Gasteiger charge is 1.98. The molecule has 0 spiro atoms. The molecule has 0 atom stereocenters. The van der Waals surface area contributed by atoms with Gasteiger partial charge in [0.1, 0.15) is 5.69 Å². The molecule has 1 heterocycles. The smallest absolute Gasteiger partial charge is 0.275 e. The zero-order chi connectivity index (χ0) is 7.72. The highest BCUT2D eigenvalue weighted by Crippen LogP contribution is 2.04. The third-order valence-electron chi connectivity index (χ3n) is 1.34. The summed E-state index contributed by atoms with van der Waals surface area (Å²) in [5.41, 5.74) is 10.9. The van der Waals surface area contributed by atoms with Gasteiger partial charge in [-0.25, -0.2) is 0 Å². The predicted molar refractivity (Wildman–Crippen MR) is 47.8 cm³/mol. The largest absolute Gasteiger partial charge is 0.397 e. The van der Waals surface area contributed by atoms with Crippen LogP contribution in [-0.2, 0) is 7.05 Å². The molecular weight excluding hydrogens is 166 g/mol. The van der Waals surface area contributed by atoms with Crippen molar-refractivity contribution in [3.8, 4) is 0 Å². The van der Waals surface area contributed by atoms with E-state index in [0.29, 0.717) is 5.69 Å². The number of nitrogen functional groups attached to an aromatic ring is 2. The van der Waals surface area contributed by atoms with Crippen LogP contribution in [0.5, 0.6) is 0 Å². The Hall–Kier alpha value is -1.16. The molecule has 4 nitrogen and oxygen atoms in total. The molecule has 0 bridgehead atoms. The summed E-state index contributed by atoms with van der Waals surface area (Å²) >= 11 is 0. The molecule has 0 saturated heterocycles. The Morgan fingerprint density at radius 2 is 2.00 bits per heavy atom. The van der Waals surface area contributed by atoms with Crippen molar-refractivity contribution in [2.75, 3.05) is 11.5 Å². The molecule has 1 aromatic rings. The highest BCUT2D eigenvalue weighted by atomic mass is 35.5. The molecule has 62 valence electrons. The van der Waals surface area contributed by atoms with Gasteiger partial charge in [0.05, 0.1) is 5.69 Å². The fourth-order valence-corrected chi connectivity index (χ4v) is 0.663. The van der Waals surface area contributed by atoms with E-state index in [4.69, 9.17) is 11.5 Å². The number of nitrogens with two attached hydrogens (primary N) is 2. The molecule has 0 aromatic carbocycles. The second kappa shape index (κ2) is 3.30. The van der Waals surface area contributed by atoms with E-state index in [1.54, 1.807) is 19.3 Å². The first-order valence-electron chi connectivity index (χ1n) is 2.83. The van der Waals surface area contributed by atoms with Crippen LogP contribution in [0, 0.1) is 0 Å². The number of aryl methyl sites for hydroxylation is 1. The lowest BCUT2D eigenvalue weighted by Gasteiger charge is -2.00. The number of nitrogens with zero attached hydrogens (tertiary/aromatic N) is 1. The van der Waals surface area contributed by atoms with Gasteiger partial charge in [-0.15, -0.1) is 12.4 Å². The Kier molecular flexibility index (Phi) is 2.95. The van der Waals surface area contributed by atoms with Gasteiger partial charge < -0.3 is 16.0 Å². The van der Waals surface area contributed by atoms with Gasteiger partial charge in [-0.1, -0.05) is 0 Å². The molecule has 0 aliphatic carbocycles. The minimum Gasteiger partial charge on any atom is -0.397 e. The number of hydrogen-bond acceptors (Lipinski definition) is 3. The summed E-state index contributed by atoms with van der Waals surface area (Å²) in [5, 5.41) is 0. The monoisotopic (exact) mass is 175 g/mol. The van der Waals surface area contributed by atoms with Crippen molar-refractivity contribution in [2.45, 2.75) is 0 Å². The van der Waals surface area contributed by atoms with Gasteiger partial charge in [-0.05, 0) is 6.07 Å². The van der Waals surface area contributed by atoms with E-state index in [2.05, 4.69) is 0 Å². The Morgan fingerprint density at radius 3 is 2.45 bits per heavy atom. The minimum atomic E-state index is -0.250. The van der Waals surface area contributed by atoms with Gasteiger partial charge in [-0.2, -0.15) is 0 Å². The summed E-state index contributed by atoms with van der Waals surface area (Å²) < 4.78 is 1.38. The lowest BCUT2D eigenvalue weighted by Crippen LogP contribution is -2.20. The zero-order valence-corrected chi connectivity index (χ0v) is 6.89. The fourth-order valence-electron chi connectivity index (χ4n) is 0.663. The second-order valence-corrected chi connectivity index (χ2v) is 2.10. The fraction of sp³-hybridized carbons (Fsp3) is 0.167. The Labute approximate surface area is 70.2 Å². The maximum absolute atomic E-state index is 10.9. The standard InChI is InChI=1S/C6H9N3O.ClH/c1-9-3-2-4(7)5(8)6(9)10;/h2-3H,7-8H2,1H3;1H. The number of anilines is 2. The van der Waals surface area contributed by atoms with E-state index in [1.165, 1.54) is 4.57 Å². The Balaban J connectivity index is 0.000001000. The van der Waals surface area contributed by atoms with Crippen LogP contribution >= 0.6 is 12.4 Å². The quantitative estimate of drug-likeness (QED) is 0.582. The molecule has 0 radical (unpaired) electrons. The van der Waals surface area contributed by atoms with Gasteiger partial charge in [0.15, 0.2) is 0 Å². The van der Waals surface area contributed by atoms with Crippen LogP contribution in [0.4, 0.5) is 11.4 Å². The van der Waals surface area contributed by atoms with E-state index < -0.39 is 0 Å². The van der Waals surface area contributed by atoms with Crippen molar-refractivity contribution in [1.29, 1.82) is 0 Å². The van der Waals surface area contributed by atoms with E-state index >= 15 is 0 Å². The number of rotatable bonds is 0. The Morgan fingerprint density at radius 1 is 1.45 bits per heavy atom. The summed E-state index contributed by atoms with van der Waals surface area (Å²) in [5.74, 6) is 0. The number of aromatic nitrogens is 1. The van der Waals surface area contributed by atoms with Crippen LogP contribution in [0.15, 0.2) is 17.1 Å². The molecule has 0 unspecified atom stereocenters. The topological polar surface area (TPSA) is 74.0 Å². The first kappa shape index (κ1) is 9.84. The highest BCUT2D eigenvalue weighted by molar-refractivity contribution is 5.85. The first-order valence-corrected chi connectivity index (χ1v) is 2.83. The van der Waals surface area contributed by atoms with E-state index in [9.17, 15) is 4.79 Å². The van der Waals surface area contributed by atoms with Gasteiger partial charge in [0.25, 0.3) is 5.56 Å². The van der Waals surface area contributed by atoms with Crippen molar-refractivity contribution in [3.05, 3.63) is 22.6 Å². The van der Waals surface area contributed by atoms with E-state index in [1.807, 2.05) is 0 Å². The SMILES string of the molecule is Cl.Cn1ccc(N)c(N)c1=O. The molecule has 0 saturated carbocycles. The minimum absolute atomic E-state index is 0. The maximum Gasteiger partial charge on any atom is 0.275 e. The molecular formula is C6H10ClN3O. The molecule has 0 aliphatic rings. The van der Waals surface area contributed by atoms with Crippen LogP contribution in [0.1, 0.15) is 0 Å². The van der Waals surface area contributed by atoms with E-state index in [-0.39, 0.29) is 23.7 Å². The van der Waals surface area contributed by atoms with Crippen LogP contribution in [0.25, 0.3) is 0 Å². The summed E-state index contributed by atoms with van der Waals surface area (Å²) in [6.45, 7) is 0. The van der Waals surface area contributed by atoms with Crippen LogP contribution in [-0.4, -0.2) is 4.57 Å². The third-order valence-corrected chi connectivity index (χ3v) is 1.34. The van der Waals surface area contributed by atoms with Gasteiger partial charge in [-0.3, -0.25) is 4.79 Å². The van der Waals surface area contributed by atoms with Crippen molar-refractivity contribution in [1.82, 2.24) is 4.57 Å². The molecule has 4 N–H and O–H groups in total. The normalized spacial score (nSPS) is 8.82. The molecule has 0 fully saturated rings. The van der Waals surface area contributed by atoms with Crippen molar-refractivity contribution in [3.63, 3.8) is 0 Å². The Bertz CT molecular complexity index is 307. The van der Waals surface area contributed by atoms with Gasteiger partial charge in [0, 0.05) is 13.2 Å². The molecule has 11 heavy (non-hydrogen) atoms. The number of hydrogen-bond donors (Lipinski definition) is 2. The van der Waals surface area contributed by atoms with Crippen LogP contribution in [0.3, 0.4) is 0 Å². The predicted octanol–water partition coefficient (Wildman–Crippen LogP) is -0.0285. The van der Waals surface area contributed by atoms with Gasteiger partial charge in [0.2, 0.25) is 0 Å². The summed E-state index contributed by atoms with van der Waals surface area (Å²) in [6.07, 6.45) is 1.58. The second-order valence-electron chi connectivity index (χ2n) is 2.10. The third kappa shape index (κ3) is 1.65. The van der Waals surface area contributed by atoms with Crippen LogP contribution in [0.2, 0.25) is 0 Å². The lowest BCUT2D eigenvalue weighted by atomic mass is 10.3. The maximum atomic E-state index is 10.9.